The molecule has 2 fully saturated rings. The Labute approximate surface area is 208 Å². The molecule has 0 bridgehead atoms. The number of hydrogen-bond acceptors (Lipinski definition) is 10. The smallest absolute Gasteiger partial charge is 0.352 e. The van der Waals surface area contributed by atoms with E-state index in [-0.39, 0.29) is 58.1 Å². The summed E-state index contributed by atoms with van der Waals surface area (Å²) in [4.78, 5) is 47.4. The van der Waals surface area contributed by atoms with Crippen LogP contribution in [-0.4, -0.2) is 92.8 Å². The molecule has 2 amide bonds. The third-order valence-corrected chi connectivity index (χ3v) is 6.94. The SMILES string of the molecule is CO/N=C(\C(=O)N[C@@H]1C(=O)N2C(C(=O)O)=C([C@@H]3CCCO3)CS[C@H]12)c1csc(N)n1.Cl.[AlH3]. The van der Waals surface area contributed by atoms with Crippen molar-refractivity contribution in [2.24, 2.45) is 5.16 Å². The number of carboxylic acid groups (broad SMARTS) is 1. The second kappa shape index (κ2) is 10.9. The molecule has 4 rings (SSSR count). The molecule has 0 radical (unpaired) electrons. The van der Waals surface area contributed by atoms with Crippen molar-refractivity contribution in [3.05, 3.63) is 22.3 Å². The lowest BCUT2D eigenvalue weighted by Gasteiger charge is -2.49. The van der Waals surface area contributed by atoms with Crippen molar-refractivity contribution in [2.75, 3.05) is 25.2 Å². The van der Waals surface area contributed by atoms with Crippen molar-refractivity contribution in [3.8, 4) is 0 Å². The summed E-state index contributed by atoms with van der Waals surface area (Å²) in [5.74, 6) is -1.92. The minimum absolute atomic E-state index is 0. The van der Waals surface area contributed by atoms with E-state index in [1.807, 2.05) is 0 Å². The number of carboxylic acids is 1. The zero-order valence-corrected chi connectivity index (χ0v) is 18.7. The summed E-state index contributed by atoms with van der Waals surface area (Å²) in [6.45, 7) is 0.574. The first-order valence-electron chi connectivity index (χ1n) is 9.08. The zero-order valence-electron chi connectivity index (χ0n) is 16.3. The summed E-state index contributed by atoms with van der Waals surface area (Å²) >= 11 is 2.53. The molecule has 15 heteroatoms. The summed E-state index contributed by atoms with van der Waals surface area (Å²) in [5.41, 5.74) is 6.29. The van der Waals surface area contributed by atoms with E-state index in [1.165, 1.54) is 23.8 Å². The van der Waals surface area contributed by atoms with Gasteiger partial charge in [-0.25, -0.2) is 9.78 Å². The molecule has 4 N–H and O–H groups in total. The number of halogens is 1. The number of nitrogens with zero attached hydrogens (tertiary/aromatic N) is 3. The maximum atomic E-state index is 12.8. The van der Waals surface area contributed by atoms with Crippen molar-refractivity contribution < 1.29 is 29.1 Å². The number of fused-ring (bicyclic) bond motifs is 1. The molecule has 174 valence electrons. The normalized spacial score (nSPS) is 24.7. The minimum atomic E-state index is -1.18. The molecule has 1 aromatic rings. The van der Waals surface area contributed by atoms with Crippen LogP contribution in [-0.2, 0) is 24.0 Å². The first-order valence-corrected chi connectivity index (χ1v) is 11.0. The first-order chi connectivity index (χ1) is 14.4. The molecular formula is C17H23AlClN5O6S2. The first kappa shape index (κ1) is 26.4. The Morgan fingerprint density at radius 3 is 2.78 bits per heavy atom. The number of nitrogens with two attached hydrogens (primary N) is 1. The number of carbonyl (C=O) groups is 3. The summed E-state index contributed by atoms with van der Waals surface area (Å²) in [6.07, 6.45) is 1.29. The van der Waals surface area contributed by atoms with Crippen molar-refractivity contribution in [1.29, 1.82) is 0 Å². The maximum absolute atomic E-state index is 12.8. The van der Waals surface area contributed by atoms with Crippen LogP contribution in [0.15, 0.2) is 21.8 Å². The lowest BCUT2D eigenvalue weighted by molar-refractivity contribution is -0.150. The number of aliphatic carboxylic acids is 1. The van der Waals surface area contributed by atoms with E-state index in [1.54, 1.807) is 5.38 Å². The highest BCUT2D eigenvalue weighted by atomic mass is 35.5. The Balaban J connectivity index is 0.00000181. The quantitative estimate of drug-likeness (QED) is 0.190. The van der Waals surface area contributed by atoms with Crippen molar-refractivity contribution in [3.63, 3.8) is 0 Å². The number of rotatable bonds is 6. The molecule has 0 aromatic carbocycles. The van der Waals surface area contributed by atoms with Gasteiger partial charge in [-0.2, -0.15) is 0 Å². The number of hydrogen-bond donors (Lipinski definition) is 3. The van der Waals surface area contributed by atoms with Crippen molar-refractivity contribution in [2.45, 2.75) is 30.4 Å². The molecule has 3 aliphatic rings. The largest absolute Gasteiger partial charge is 0.477 e. The van der Waals surface area contributed by atoms with Gasteiger partial charge >= 0.3 is 5.97 Å². The number of oxime groups is 1. The van der Waals surface area contributed by atoms with E-state index in [9.17, 15) is 19.5 Å². The lowest BCUT2D eigenvalue weighted by atomic mass is 9.99. The van der Waals surface area contributed by atoms with Crippen LogP contribution >= 0.6 is 35.5 Å². The van der Waals surface area contributed by atoms with E-state index in [0.717, 1.165) is 24.2 Å². The highest BCUT2D eigenvalue weighted by Gasteiger charge is 2.55. The predicted octanol–water partition coefficient (Wildman–Crippen LogP) is -0.769. The summed E-state index contributed by atoms with van der Waals surface area (Å²) in [7, 11) is 1.28. The van der Waals surface area contributed by atoms with E-state index >= 15 is 0 Å². The van der Waals surface area contributed by atoms with Gasteiger partial charge in [0, 0.05) is 17.7 Å². The third kappa shape index (κ3) is 4.75. The van der Waals surface area contributed by atoms with E-state index in [2.05, 4.69) is 15.5 Å². The average molecular weight is 520 g/mol. The van der Waals surface area contributed by atoms with Gasteiger partial charge in [0.05, 0.1) is 6.10 Å². The predicted molar refractivity (Wildman–Crippen MR) is 126 cm³/mol. The van der Waals surface area contributed by atoms with Crippen LogP contribution in [0.2, 0.25) is 0 Å². The van der Waals surface area contributed by atoms with E-state index < -0.39 is 29.2 Å². The molecule has 0 saturated carbocycles. The Kier molecular flexibility index (Phi) is 8.98. The fraction of sp³-hybridized carbons (Fsp3) is 0.471. The Hall–Kier alpha value is -1.82. The van der Waals surface area contributed by atoms with Crippen LogP contribution in [0.25, 0.3) is 0 Å². The molecule has 32 heavy (non-hydrogen) atoms. The topological polar surface area (TPSA) is 156 Å². The fourth-order valence-electron chi connectivity index (χ4n) is 3.64. The number of nitrogen functional groups attached to an aromatic ring is 1. The number of thioether (sulfide) groups is 1. The second-order valence-electron chi connectivity index (χ2n) is 6.74. The fourth-order valence-corrected chi connectivity index (χ4v) is 5.60. The minimum Gasteiger partial charge on any atom is -0.477 e. The molecule has 0 spiro atoms. The molecule has 11 nitrogen and oxygen atoms in total. The molecular weight excluding hydrogens is 497 g/mol. The molecule has 3 atom stereocenters. The number of aromatic nitrogens is 1. The van der Waals surface area contributed by atoms with E-state index in [0.29, 0.717) is 17.9 Å². The average Bonchev–Trinajstić information content (AvgIpc) is 3.40. The van der Waals surface area contributed by atoms with Crippen molar-refractivity contribution in [1.82, 2.24) is 15.2 Å². The van der Waals surface area contributed by atoms with Gasteiger partial charge in [0.2, 0.25) is 0 Å². The Morgan fingerprint density at radius 2 is 2.22 bits per heavy atom. The number of β-lactam (4-membered cyclic amide) rings is 1. The Bertz CT molecular complexity index is 967. The number of ether oxygens (including phenoxy) is 1. The number of carbonyl (C=O) groups excluding carboxylic acids is 2. The monoisotopic (exact) mass is 519 g/mol. The third-order valence-electron chi connectivity index (χ3n) is 4.97. The van der Waals surface area contributed by atoms with Crippen LogP contribution in [0.5, 0.6) is 0 Å². The molecule has 2 saturated heterocycles. The van der Waals surface area contributed by atoms with Crippen molar-refractivity contribution >= 4 is 81.5 Å². The van der Waals surface area contributed by atoms with Gasteiger partial charge < -0.3 is 25.7 Å². The summed E-state index contributed by atoms with van der Waals surface area (Å²) in [5, 5.41) is 17.3. The van der Waals surface area contributed by atoms with Gasteiger partial charge in [-0.3, -0.25) is 14.5 Å². The van der Waals surface area contributed by atoms with Gasteiger partial charge in [0.1, 0.15) is 29.9 Å². The van der Waals surface area contributed by atoms with Crippen LogP contribution in [0.1, 0.15) is 18.5 Å². The van der Waals surface area contributed by atoms with Crippen LogP contribution in [0.4, 0.5) is 5.13 Å². The highest BCUT2D eigenvalue weighted by molar-refractivity contribution is 8.00. The van der Waals surface area contributed by atoms with Gasteiger partial charge in [-0.1, -0.05) is 5.16 Å². The molecule has 1 aromatic heterocycles. The Morgan fingerprint density at radius 1 is 1.47 bits per heavy atom. The number of nitrogens with one attached hydrogen (secondary N) is 1. The molecule has 0 aliphatic carbocycles. The lowest BCUT2D eigenvalue weighted by Crippen LogP contribution is -2.71. The number of anilines is 1. The molecule has 0 unspecified atom stereocenters. The van der Waals surface area contributed by atoms with Gasteiger partial charge in [0.15, 0.2) is 28.2 Å². The number of thiazole rings is 1. The molecule has 4 heterocycles. The van der Waals surface area contributed by atoms with Crippen LogP contribution in [0.3, 0.4) is 0 Å². The van der Waals surface area contributed by atoms with Crippen LogP contribution < -0.4 is 11.1 Å². The zero-order chi connectivity index (χ0) is 21.4. The van der Waals surface area contributed by atoms with Gasteiger partial charge in [0.25, 0.3) is 11.8 Å². The number of amides is 2. The highest BCUT2D eigenvalue weighted by Crippen LogP contribution is 2.42. The van der Waals surface area contributed by atoms with Gasteiger partial charge in [-0.15, -0.1) is 35.5 Å². The van der Waals surface area contributed by atoms with Gasteiger partial charge in [-0.05, 0) is 18.4 Å². The molecule has 3 aliphatic heterocycles. The second-order valence-corrected chi connectivity index (χ2v) is 8.73. The van der Waals surface area contributed by atoms with E-state index in [4.69, 9.17) is 15.3 Å². The summed E-state index contributed by atoms with van der Waals surface area (Å²) in [6, 6.07) is -0.888. The van der Waals surface area contributed by atoms with Crippen LogP contribution in [0, 0.1) is 0 Å². The maximum Gasteiger partial charge on any atom is 0.352 e. The standard InChI is InChI=1S/C17H19N5O6S2.Al.ClH.3H/c1-27-21-10(8-6-30-17(18)19-8)13(23)20-11-14(24)22-12(16(25)26)7(5-29-15(11)22)9-3-2-4-28-9;;;;;/h6,9,11,15H,2-5H2,1H3,(H2,18,19)(H,20,23)(H,25,26);;1H;;;/b21-10-;;;;;/t9-,11+,15+;;;;;/m0...../s1. The summed E-state index contributed by atoms with van der Waals surface area (Å²) < 4.78 is 5.63.